The number of methoxy groups -OCH3 is 2. The minimum Gasteiger partial charge on any atom is -0.493 e. The zero-order valence-electron chi connectivity index (χ0n) is 18.0. The van der Waals surface area contributed by atoms with Crippen molar-refractivity contribution in [3.05, 3.63) is 72.8 Å². The highest BCUT2D eigenvalue weighted by Crippen LogP contribution is 2.28. The number of urea groups is 1. The molecule has 168 valence electrons. The number of nitrogens with zero attached hydrogens (tertiary/aromatic N) is 2. The molecule has 0 aliphatic heterocycles. The second kappa shape index (κ2) is 13.1. The third kappa shape index (κ3) is 7.52. The van der Waals surface area contributed by atoms with Crippen LogP contribution in [0.2, 0.25) is 0 Å². The summed E-state index contributed by atoms with van der Waals surface area (Å²) in [5, 5.41) is 7.77. The van der Waals surface area contributed by atoms with Gasteiger partial charge in [0.2, 0.25) is 0 Å². The molecule has 0 spiro atoms. The molecule has 0 radical (unpaired) electrons. The molecule has 9 heteroatoms. The lowest BCUT2D eigenvalue weighted by Gasteiger charge is -2.09. The highest BCUT2D eigenvalue weighted by atomic mass is 16.5. The fourth-order valence-corrected chi connectivity index (χ4v) is 2.42. The average molecular weight is 438 g/mol. The van der Waals surface area contributed by atoms with Gasteiger partial charge in [-0.15, -0.1) is 0 Å². The van der Waals surface area contributed by atoms with E-state index in [1.165, 1.54) is 26.6 Å². The van der Waals surface area contributed by atoms with Gasteiger partial charge in [0.15, 0.2) is 23.0 Å². The molecule has 2 N–H and O–H groups in total. The number of amides is 2. The van der Waals surface area contributed by atoms with Gasteiger partial charge in [-0.05, 0) is 47.5 Å². The van der Waals surface area contributed by atoms with Gasteiger partial charge in [-0.3, -0.25) is 0 Å². The van der Waals surface area contributed by atoms with Crippen LogP contribution in [-0.4, -0.2) is 45.9 Å². The number of hydrogen-bond acceptors (Lipinski definition) is 7. The minimum atomic E-state index is -0.603. The van der Waals surface area contributed by atoms with E-state index in [4.69, 9.17) is 18.9 Å². The highest BCUT2D eigenvalue weighted by molar-refractivity contribution is 5.84. The second-order valence-electron chi connectivity index (χ2n) is 6.09. The van der Waals surface area contributed by atoms with Crippen LogP contribution in [0, 0.1) is 0 Å². The first-order chi connectivity index (χ1) is 15.6. The third-order valence-electron chi connectivity index (χ3n) is 3.85. The fourth-order valence-electron chi connectivity index (χ4n) is 2.42. The molecule has 0 bridgehead atoms. The van der Waals surface area contributed by atoms with Crippen LogP contribution in [0.15, 0.2) is 71.9 Å². The lowest BCUT2D eigenvalue weighted by molar-refractivity contribution is 0.242. The van der Waals surface area contributed by atoms with Crippen LogP contribution >= 0.6 is 0 Å². The van der Waals surface area contributed by atoms with Crippen molar-refractivity contribution in [2.45, 2.75) is 0 Å². The van der Waals surface area contributed by atoms with E-state index in [-0.39, 0.29) is 0 Å². The predicted octanol–water partition coefficient (Wildman–Crippen LogP) is 3.50. The van der Waals surface area contributed by atoms with Crippen LogP contribution in [0.1, 0.15) is 11.1 Å². The van der Waals surface area contributed by atoms with Gasteiger partial charge in [-0.25, -0.2) is 15.6 Å². The molecule has 0 unspecified atom stereocenters. The quantitative estimate of drug-likeness (QED) is 0.300. The first kappa shape index (κ1) is 24.0. The smallest absolute Gasteiger partial charge is 0.355 e. The van der Waals surface area contributed by atoms with Crippen molar-refractivity contribution >= 4 is 18.5 Å². The lowest BCUT2D eigenvalue weighted by atomic mass is 10.2. The van der Waals surface area contributed by atoms with Crippen LogP contribution in [0.5, 0.6) is 23.0 Å². The summed E-state index contributed by atoms with van der Waals surface area (Å²) in [7, 11) is 3.08. The van der Waals surface area contributed by atoms with Crippen molar-refractivity contribution in [3.8, 4) is 23.0 Å². The molecule has 0 fully saturated rings. The van der Waals surface area contributed by atoms with E-state index in [0.29, 0.717) is 47.3 Å². The molecule has 0 atom stereocenters. The van der Waals surface area contributed by atoms with Crippen molar-refractivity contribution in [2.75, 3.05) is 27.4 Å². The van der Waals surface area contributed by atoms with Crippen LogP contribution < -0.4 is 29.8 Å². The standard InChI is InChI=1S/C23H26N4O5/c1-5-11-31-19-9-7-17(13-21(19)29-3)15-24-26-23(28)27-25-16-18-8-10-20(32-12-6-2)22(14-18)30-4/h5-10,13-16H,1-2,11-12H2,3-4H3,(H2,26,27,28)/b24-15-,25-16+. The summed E-state index contributed by atoms with van der Waals surface area (Å²) >= 11 is 0. The number of nitrogens with one attached hydrogen (secondary N) is 2. The van der Waals surface area contributed by atoms with E-state index < -0.39 is 6.03 Å². The maximum atomic E-state index is 11.9. The Bertz CT molecular complexity index is 911. The molecule has 2 rings (SSSR count). The van der Waals surface area contributed by atoms with Crippen molar-refractivity contribution < 1.29 is 23.7 Å². The lowest BCUT2D eigenvalue weighted by Crippen LogP contribution is -2.28. The summed E-state index contributed by atoms with van der Waals surface area (Å²) in [6.45, 7) is 7.95. The van der Waals surface area contributed by atoms with Gasteiger partial charge in [0.1, 0.15) is 13.2 Å². The van der Waals surface area contributed by atoms with E-state index in [1.807, 2.05) is 0 Å². The zero-order valence-corrected chi connectivity index (χ0v) is 18.0. The zero-order chi connectivity index (χ0) is 23.2. The van der Waals surface area contributed by atoms with E-state index in [1.54, 1.807) is 48.6 Å². The first-order valence-corrected chi connectivity index (χ1v) is 9.56. The largest absolute Gasteiger partial charge is 0.493 e. The molecule has 2 aromatic carbocycles. The SMILES string of the molecule is C=CCOc1ccc(/C=N\NC(=O)N/N=C/c2ccc(OCC=C)c(OC)c2)cc1OC. The molecule has 0 aromatic heterocycles. The van der Waals surface area contributed by atoms with Crippen molar-refractivity contribution in [3.63, 3.8) is 0 Å². The molecule has 32 heavy (non-hydrogen) atoms. The monoisotopic (exact) mass is 438 g/mol. The Morgan fingerprint density at radius 1 is 0.812 bits per heavy atom. The Morgan fingerprint density at radius 2 is 1.25 bits per heavy atom. The molecule has 9 nitrogen and oxygen atoms in total. The first-order valence-electron chi connectivity index (χ1n) is 9.56. The number of ether oxygens (including phenoxy) is 4. The Morgan fingerprint density at radius 3 is 1.62 bits per heavy atom. The Kier molecular flexibility index (Phi) is 9.84. The number of rotatable bonds is 12. The number of hydrogen-bond donors (Lipinski definition) is 2. The molecule has 0 saturated heterocycles. The fraction of sp³-hybridized carbons (Fsp3) is 0.174. The molecular weight excluding hydrogens is 412 g/mol. The number of benzene rings is 2. The molecule has 0 saturated carbocycles. The summed E-state index contributed by atoms with van der Waals surface area (Å²) in [6, 6.07) is 9.90. The molecular formula is C23H26N4O5. The minimum absolute atomic E-state index is 0.367. The Balaban J connectivity index is 1.89. The van der Waals surface area contributed by atoms with Gasteiger partial charge in [0, 0.05) is 0 Å². The van der Waals surface area contributed by atoms with Crippen LogP contribution in [0.3, 0.4) is 0 Å². The van der Waals surface area contributed by atoms with Gasteiger partial charge in [-0.2, -0.15) is 10.2 Å². The van der Waals surface area contributed by atoms with Crippen molar-refractivity contribution in [2.24, 2.45) is 10.2 Å². The molecule has 0 aliphatic carbocycles. The Labute approximate surface area is 187 Å². The second-order valence-corrected chi connectivity index (χ2v) is 6.09. The van der Waals surface area contributed by atoms with E-state index in [9.17, 15) is 4.79 Å². The number of carbonyl (C=O) groups is 1. The topological polar surface area (TPSA) is 103 Å². The molecule has 0 aliphatic rings. The van der Waals surface area contributed by atoms with Crippen LogP contribution in [-0.2, 0) is 0 Å². The summed E-state index contributed by atoms with van der Waals surface area (Å²) in [5.41, 5.74) is 6.07. The number of carbonyl (C=O) groups excluding carboxylic acids is 1. The Hall–Kier alpha value is -4.27. The van der Waals surface area contributed by atoms with Crippen LogP contribution in [0.25, 0.3) is 0 Å². The van der Waals surface area contributed by atoms with Crippen LogP contribution in [0.4, 0.5) is 4.79 Å². The van der Waals surface area contributed by atoms with Gasteiger partial charge >= 0.3 is 6.03 Å². The predicted molar refractivity (Wildman–Crippen MR) is 124 cm³/mol. The van der Waals surface area contributed by atoms with E-state index in [0.717, 1.165) is 0 Å². The molecule has 2 amide bonds. The molecule has 2 aromatic rings. The van der Waals surface area contributed by atoms with E-state index >= 15 is 0 Å². The summed E-state index contributed by atoms with van der Waals surface area (Å²) in [6.07, 6.45) is 6.22. The third-order valence-corrected chi connectivity index (χ3v) is 3.85. The summed E-state index contributed by atoms with van der Waals surface area (Å²) in [5.74, 6) is 2.26. The van der Waals surface area contributed by atoms with Gasteiger partial charge in [-0.1, -0.05) is 25.3 Å². The maximum absolute atomic E-state index is 11.9. The molecule has 0 heterocycles. The van der Waals surface area contributed by atoms with Crippen molar-refractivity contribution in [1.29, 1.82) is 0 Å². The van der Waals surface area contributed by atoms with Gasteiger partial charge < -0.3 is 18.9 Å². The highest BCUT2D eigenvalue weighted by Gasteiger charge is 2.05. The van der Waals surface area contributed by atoms with E-state index in [2.05, 4.69) is 34.2 Å². The normalized spacial score (nSPS) is 10.6. The maximum Gasteiger partial charge on any atom is 0.355 e. The number of hydrazone groups is 2. The average Bonchev–Trinajstić information content (AvgIpc) is 2.82. The van der Waals surface area contributed by atoms with Gasteiger partial charge in [0.25, 0.3) is 0 Å². The van der Waals surface area contributed by atoms with Crippen molar-refractivity contribution in [1.82, 2.24) is 10.9 Å². The summed E-state index contributed by atoms with van der Waals surface area (Å²) in [4.78, 5) is 11.9. The summed E-state index contributed by atoms with van der Waals surface area (Å²) < 4.78 is 21.6. The van der Waals surface area contributed by atoms with Gasteiger partial charge in [0.05, 0.1) is 26.6 Å².